The van der Waals surface area contributed by atoms with Gasteiger partial charge in [-0.2, -0.15) is 0 Å². The molecule has 1 atom stereocenters. The van der Waals surface area contributed by atoms with Crippen LogP contribution in [0, 0.1) is 0 Å². The molecule has 0 aliphatic rings. The van der Waals surface area contributed by atoms with Crippen LogP contribution in [0.3, 0.4) is 0 Å². The van der Waals surface area contributed by atoms with Crippen molar-refractivity contribution in [2.45, 2.75) is 12.5 Å². The van der Waals surface area contributed by atoms with Crippen molar-refractivity contribution in [2.24, 2.45) is 17.2 Å². The number of carbonyl (C=O) groups is 1. The Kier molecular flexibility index (Phi) is 4.54. The second-order valence-corrected chi connectivity index (χ2v) is 2.12. The zero-order valence-electron chi connectivity index (χ0n) is 6.45. The minimum Gasteiger partial charge on any atom is -0.548 e. The molecule has 0 heterocycles. The average Bonchev–Trinajstić information content (AvgIpc) is 1.97. The van der Waals surface area contributed by atoms with Crippen LogP contribution in [0.15, 0.2) is 0 Å². The van der Waals surface area contributed by atoms with E-state index in [1.165, 1.54) is 0 Å². The molecule has 0 saturated heterocycles. The highest BCUT2D eigenvalue weighted by molar-refractivity contribution is 5.70. The summed E-state index contributed by atoms with van der Waals surface area (Å²) in [6, 6.07) is -1.04. The molecule has 0 fully saturated rings. The van der Waals surface area contributed by atoms with Crippen LogP contribution in [0.5, 0.6) is 0 Å². The maximum atomic E-state index is 10.1. The highest BCUT2D eigenvalue weighted by Gasteiger charge is 2.02. The fourth-order valence-corrected chi connectivity index (χ4v) is 0.438. The Balaban J connectivity index is 3.44. The minimum atomic E-state index is -1.32. The number of carbonyl (C=O) groups excluding carboxylic acids is 1. The Bertz CT molecular complexity index is 178. The SMILES string of the molecule is NC(N)=[NH+]OCCC(N)C(=O)[O-]. The van der Waals surface area contributed by atoms with E-state index in [0.29, 0.717) is 0 Å². The van der Waals surface area contributed by atoms with Crippen LogP contribution >= 0.6 is 0 Å². The van der Waals surface area contributed by atoms with E-state index < -0.39 is 12.0 Å². The maximum Gasteiger partial charge on any atom is 0.375 e. The number of hydrogen-bond acceptors (Lipinski definition) is 4. The predicted molar refractivity (Wildman–Crippen MR) is 37.9 cm³/mol. The standard InChI is InChI=1S/C5H12N4O3/c6-3(4(10)11)1-2-12-9-5(7)8/h3H,1-2,6H2,(H,10,11)(H4,7,8,9). The molecule has 1 unspecified atom stereocenters. The van der Waals surface area contributed by atoms with E-state index in [9.17, 15) is 9.90 Å². The molecule has 0 spiro atoms. The van der Waals surface area contributed by atoms with Gasteiger partial charge in [0.2, 0.25) is 0 Å². The van der Waals surface area contributed by atoms with Crippen molar-refractivity contribution in [3.8, 4) is 0 Å². The average molecular weight is 176 g/mol. The van der Waals surface area contributed by atoms with Gasteiger partial charge in [-0.3, -0.25) is 11.5 Å². The zero-order chi connectivity index (χ0) is 9.56. The van der Waals surface area contributed by atoms with Gasteiger partial charge in [-0.1, -0.05) is 0 Å². The second kappa shape index (κ2) is 5.19. The lowest BCUT2D eigenvalue weighted by Gasteiger charge is -2.10. The van der Waals surface area contributed by atoms with Gasteiger partial charge >= 0.3 is 5.96 Å². The molecule has 0 aliphatic heterocycles. The molecule has 0 aromatic carbocycles. The maximum absolute atomic E-state index is 10.1. The third-order valence-electron chi connectivity index (χ3n) is 1.02. The van der Waals surface area contributed by atoms with E-state index in [-0.39, 0.29) is 19.0 Å². The molecule has 0 saturated carbocycles. The van der Waals surface area contributed by atoms with E-state index in [1.54, 1.807) is 0 Å². The molecule has 7 N–H and O–H groups in total. The number of hydrogen-bond donors (Lipinski definition) is 4. The van der Waals surface area contributed by atoms with Crippen molar-refractivity contribution in [3.05, 3.63) is 0 Å². The molecule has 0 aliphatic carbocycles. The Morgan fingerprint density at radius 1 is 1.58 bits per heavy atom. The Morgan fingerprint density at radius 2 is 2.17 bits per heavy atom. The summed E-state index contributed by atoms with van der Waals surface area (Å²) < 4.78 is 0. The molecule has 0 radical (unpaired) electrons. The normalized spacial score (nSPS) is 11.8. The lowest BCUT2D eigenvalue weighted by Crippen LogP contribution is -2.77. The Morgan fingerprint density at radius 3 is 2.58 bits per heavy atom. The van der Waals surface area contributed by atoms with E-state index >= 15 is 0 Å². The number of aliphatic carboxylic acids is 1. The van der Waals surface area contributed by atoms with Crippen molar-refractivity contribution in [2.75, 3.05) is 6.61 Å². The fourth-order valence-electron chi connectivity index (χ4n) is 0.438. The van der Waals surface area contributed by atoms with Gasteiger partial charge in [-0.25, -0.2) is 0 Å². The molecule has 0 aromatic heterocycles. The van der Waals surface area contributed by atoms with Crippen LogP contribution in [0.1, 0.15) is 6.42 Å². The third-order valence-corrected chi connectivity index (χ3v) is 1.02. The van der Waals surface area contributed by atoms with Crippen LogP contribution in [-0.2, 0) is 9.63 Å². The van der Waals surface area contributed by atoms with E-state index in [0.717, 1.165) is 0 Å². The smallest absolute Gasteiger partial charge is 0.375 e. The molecule has 7 nitrogen and oxygen atoms in total. The van der Waals surface area contributed by atoms with Crippen molar-refractivity contribution < 1.29 is 19.9 Å². The van der Waals surface area contributed by atoms with E-state index in [4.69, 9.17) is 17.2 Å². The summed E-state index contributed by atoms with van der Waals surface area (Å²) in [5.74, 6) is -1.42. The van der Waals surface area contributed by atoms with Crippen molar-refractivity contribution in [1.29, 1.82) is 0 Å². The topological polar surface area (TPSA) is 141 Å². The number of nitrogens with one attached hydrogen (secondary N) is 1. The van der Waals surface area contributed by atoms with Crippen molar-refractivity contribution in [1.82, 2.24) is 0 Å². The zero-order valence-corrected chi connectivity index (χ0v) is 6.45. The van der Waals surface area contributed by atoms with Gasteiger partial charge in [0.05, 0.1) is 5.97 Å². The van der Waals surface area contributed by atoms with Gasteiger partial charge < -0.3 is 20.5 Å². The highest BCUT2D eigenvalue weighted by Crippen LogP contribution is 1.83. The van der Waals surface area contributed by atoms with Gasteiger partial charge in [0.15, 0.2) is 0 Å². The van der Waals surface area contributed by atoms with E-state index in [1.807, 2.05) is 0 Å². The molecule has 12 heavy (non-hydrogen) atoms. The summed E-state index contributed by atoms with van der Waals surface area (Å²) in [6.45, 7) is 0.0903. The van der Waals surface area contributed by atoms with Crippen molar-refractivity contribution in [3.63, 3.8) is 0 Å². The number of guanidine groups is 1. The van der Waals surface area contributed by atoms with E-state index in [2.05, 4.69) is 9.99 Å². The number of rotatable bonds is 5. The molecule has 0 bridgehead atoms. The monoisotopic (exact) mass is 176 g/mol. The van der Waals surface area contributed by atoms with Crippen LogP contribution in [0.4, 0.5) is 0 Å². The molecular formula is C5H12N4O3. The molecule has 7 heteroatoms. The second-order valence-electron chi connectivity index (χ2n) is 2.12. The minimum absolute atomic E-state index is 0.0903. The van der Waals surface area contributed by atoms with Gasteiger partial charge in [0, 0.05) is 12.5 Å². The quantitative estimate of drug-likeness (QED) is 0.143. The number of carboxylic acid groups (broad SMARTS) is 1. The fraction of sp³-hybridized carbons (Fsp3) is 0.600. The first-order valence-electron chi connectivity index (χ1n) is 3.26. The van der Waals surface area contributed by atoms with Gasteiger partial charge in [0.25, 0.3) is 0 Å². The predicted octanol–water partition coefficient (Wildman–Crippen LogP) is -5.26. The van der Waals surface area contributed by atoms with Gasteiger partial charge in [-0.15, -0.1) is 5.16 Å². The lowest BCUT2D eigenvalue weighted by atomic mass is 10.2. The summed E-state index contributed by atoms with van der Waals surface area (Å²) in [5.41, 5.74) is 15.0. The molecular weight excluding hydrogens is 164 g/mol. The van der Waals surface area contributed by atoms with Crippen LogP contribution < -0.4 is 27.5 Å². The number of nitrogens with two attached hydrogens (primary N) is 3. The van der Waals surface area contributed by atoms with Crippen LogP contribution in [0.25, 0.3) is 0 Å². The molecule has 0 amide bonds. The first kappa shape index (κ1) is 10.5. The van der Waals surface area contributed by atoms with Gasteiger partial charge in [-0.05, 0) is 0 Å². The summed E-state index contributed by atoms with van der Waals surface area (Å²) >= 11 is 0. The number of carboxylic acids is 1. The van der Waals surface area contributed by atoms with Crippen molar-refractivity contribution >= 4 is 11.9 Å². The summed E-state index contributed by atoms with van der Waals surface area (Å²) in [4.78, 5) is 14.7. The lowest BCUT2D eigenvalue weighted by molar-refractivity contribution is -0.754. The Hall–Kier alpha value is -1.50. The summed E-state index contributed by atoms with van der Waals surface area (Å²) in [7, 11) is 0. The van der Waals surface area contributed by atoms with Crippen LogP contribution in [-0.4, -0.2) is 24.6 Å². The first-order valence-corrected chi connectivity index (χ1v) is 3.26. The summed E-state index contributed by atoms with van der Waals surface area (Å²) in [5, 5.41) is 12.2. The largest absolute Gasteiger partial charge is 0.548 e. The molecule has 0 aromatic rings. The van der Waals surface area contributed by atoms with Crippen LogP contribution in [0.2, 0.25) is 0 Å². The first-order chi connectivity index (χ1) is 5.54. The molecule has 70 valence electrons. The summed E-state index contributed by atoms with van der Waals surface area (Å²) in [6.07, 6.45) is 0.128. The third kappa shape index (κ3) is 5.30. The molecule has 0 rings (SSSR count). The highest BCUT2D eigenvalue weighted by atomic mass is 16.6. The van der Waals surface area contributed by atoms with Gasteiger partial charge in [0.1, 0.15) is 6.61 Å². The Labute approximate surface area is 69.1 Å².